The molecule has 0 spiro atoms. The molecule has 0 aliphatic rings. The summed E-state index contributed by atoms with van der Waals surface area (Å²) in [6.45, 7) is 5.80. The third-order valence-corrected chi connectivity index (χ3v) is 4.24. The average Bonchev–Trinajstić information content (AvgIpc) is 2.65. The summed E-state index contributed by atoms with van der Waals surface area (Å²) in [5, 5.41) is 0. The molecule has 4 heteroatoms. The molecule has 0 unspecified atom stereocenters. The van der Waals surface area contributed by atoms with Crippen LogP contribution in [0.4, 0.5) is 0 Å². The molecule has 26 heavy (non-hydrogen) atoms. The second-order valence-corrected chi connectivity index (χ2v) is 6.53. The molecule has 0 atom stereocenters. The summed E-state index contributed by atoms with van der Waals surface area (Å²) in [7, 11) is 0. The monoisotopic (exact) mass is 364 g/mol. The number of carbonyl (C=O) groups is 1. The van der Waals surface area contributed by atoms with Crippen molar-refractivity contribution in [3.05, 3.63) is 29.8 Å². The number of hydrogen-bond donors (Lipinski definition) is 0. The summed E-state index contributed by atoms with van der Waals surface area (Å²) >= 11 is 0. The van der Waals surface area contributed by atoms with Gasteiger partial charge >= 0.3 is 5.97 Å². The third-order valence-electron chi connectivity index (χ3n) is 4.24. The lowest BCUT2D eigenvalue weighted by atomic mass is 10.0. The molecule has 0 fully saturated rings. The molecule has 1 rings (SSSR count). The van der Waals surface area contributed by atoms with Gasteiger partial charge in [0.15, 0.2) is 0 Å². The molecule has 0 saturated carbocycles. The molecule has 0 aliphatic heterocycles. The van der Waals surface area contributed by atoms with Crippen molar-refractivity contribution < 1.29 is 19.0 Å². The lowest BCUT2D eigenvalue weighted by Crippen LogP contribution is -2.11. The van der Waals surface area contributed by atoms with Gasteiger partial charge in [0.2, 0.25) is 0 Å². The van der Waals surface area contributed by atoms with Crippen LogP contribution < -0.4 is 4.74 Å². The number of benzene rings is 1. The minimum atomic E-state index is -0.218. The maximum Gasteiger partial charge on any atom is 0.308 e. The zero-order chi connectivity index (χ0) is 18.9. The molecule has 0 N–H and O–H groups in total. The first-order valence-electron chi connectivity index (χ1n) is 10.2. The van der Waals surface area contributed by atoms with Crippen molar-refractivity contribution in [1.29, 1.82) is 0 Å². The molecular formula is C22H36O4. The highest BCUT2D eigenvalue weighted by atomic mass is 16.5. The Morgan fingerprint density at radius 3 is 2.23 bits per heavy atom. The average molecular weight is 365 g/mol. The van der Waals surface area contributed by atoms with Gasteiger partial charge in [-0.25, -0.2) is 0 Å². The van der Waals surface area contributed by atoms with E-state index in [2.05, 4.69) is 19.1 Å². The van der Waals surface area contributed by atoms with Gasteiger partial charge in [0, 0.05) is 0 Å². The number of esters is 1. The maximum atomic E-state index is 11.1. The Morgan fingerprint density at radius 2 is 1.54 bits per heavy atom. The van der Waals surface area contributed by atoms with Crippen LogP contribution in [0.25, 0.3) is 0 Å². The summed E-state index contributed by atoms with van der Waals surface area (Å²) in [5.41, 5.74) is 1.37. The zero-order valence-electron chi connectivity index (χ0n) is 16.6. The Bertz CT molecular complexity index is 456. The number of carbonyl (C=O) groups excluding carboxylic acids is 1. The van der Waals surface area contributed by atoms with Crippen LogP contribution in [0.15, 0.2) is 24.3 Å². The van der Waals surface area contributed by atoms with Gasteiger partial charge in [-0.05, 0) is 37.5 Å². The van der Waals surface area contributed by atoms with Gasteiger partial charge in [0.1, 0.15) is 12.4 Å². The zero-order valence-corrected chi connectivity index (χ0v) is 16.6. The summed E-state index contributed by atoms with van der Waals surface area (Å²) in [6, 6.07) is 8.34. The smallest absolute Gasteiger partial charge is 0.308 e. The van der Waals surface area contributed by atoms with Crippen LogP contribution in [0.5, 0.6) is 5.75 Å². The Labute approximate surface area is 159 Å². The number of rotatable bonds is 16. The van der Waals surface area contributed by atoms with Crippen LogP contribution in [0.3, 0.4) is 0 Å². The normalized spacial score (nSPS) is 10.7. The Morgan fingerprint density at radius 1 is 0.846 bits per heavy atom. The second-order valence-electron chi connectivity index (χ2n) is 6.53. The molecule has 148 valence electrons. The quantitative estimate of drug-likeness (QED) is 0.294. The van der Waals surface area contributed by atoms with E-state index in [0.717, 1.165) is 12.2 Å². The van der Waals surface area contributed by atoms with Crippen molar-refractivity contribution in [3.8, 4) is 5.75 Å². The molecule has 0 radical (unpaired) electrons. The fraction of sp³-hybridized carbons (Fsp3) is 0.682. The molecule has 1 aromatic carbocycles. The van der Waals surface area contributed by atoms with E-state index >= 15 is 0 Å². The maximum absolute atomic E-state index is 11.1. The van der Waals surface area contributed by atoms with E-state index in [4.69, 9.17) is 14.2 Å². The van der Waals surface area contributed by atoms with E-state index in [9.17, 15) is 4.79 Å². The molecule has 1 aromatic rings. The molecule has 4 nitrogen and oxygen atoms in total. The summed E-state index contributed by atoms with van der Waals surface area (Å²) in [5.74, 6) is 0.646. The van der Waals surface area contributed by atoms with Gasteiger partial charge in [-0.15, -0.1) is 0 Å². The highest BCUT2D eigenvalue weighted by Crippen LogP contribution is 2.15. The van der Waals surface area contributed by atoms with Gasteiger partial charge in [0.05, 0.1) is 26.2 Å². The van der Waals surface area contributed by atoms with E-state index in [0.29, 0.717) is 32.8 Å². The van der Waals surface area contributed by atoms with Gasteiger partial charge in [-0.2, -0.15) is 0 Å². The van der Waals surface area contributed by atoms with Gasteiger partial charge in [0.25, 0.3) is 0 Å². The molecule has 0 amide bonds. The van der Waals surface area contributed by atoms with Crippen LogP contribution in [0.1, 0.15) is 70.8 Å². The van der Waals surface area contributed by atoms with Gasteiger partial charge in [-0.1, -0.05) is 57.6 Å². The van der Waals surface area contributed by atoms with E-state index in [1.54, 1.807) is 6.92 Å². The largest absolute Gasteiger partial charge is 0.491 e. The predicted molar refractivity (Wildman–Crippen MR) is 106 cm³/mol. The molecule has 0 aromatic heterocycles. The van der Waals surface area contributed by atoms with E-state index < -0.39 is 0 Å². The molecule has 0 heterocycles. The number of ether oxygens (including phenoxy) is 3. The Hall–Kier alpha value is -1.55. The number of unbranched alkanes of at least 4 members (excludes halogenated alkanes) is 6. The molecular weight excluding hydrogens is 328 g/mol. The van der Waals surface area contributed by atoms with Crippen LogP contribution in [0, 0.1) is 0 Å². The topological polar surface area (TPSA) is 44.8 Å². The highest BCUT2D eigenvalue weighted by Gasteiger charge is 2.01. The lowest BCUT2D eigenvalue weighted by Gasteiger charge is -2.08. The second kappa shape index (κ2) is 15.7. The Balaban J connectivity index is 2.03. The van der Waals surface area contributed by atoms with Crippen molar-refractivity contribution >= 4 is 5.97 Å². The summed E-state index contributed by atoms with van der Waals surface area (Å²) in [4.78, 5) is 11.1. The third kappa shape index (κ3) is 11.9. The van der Waals surface area contributed by atoms with Crippen LogP contribution in [-0.2, 0) is 20.7 Å². The fourth-order valence-electron chi connectivity index (χ4n) is 2.75. The van der Waals surface area contributed by atoms with Crippen molar-refractivity contribution in [3.63, 3.8) is 0 Å². The fourth-order valence-corrected chi connectivity index (χ4v) is 2.75. The summed E-state index contributed by atoms with van der Waals surface area (Å²) < 4.78 is 15.9. The molecule has 0 saturated heterocycles. The van der Waals surface area contributed by atoms with Crippen molar-refractivity contribution in [1.82, 2.24) is 0 Å². The standard InChI is InChI=1S/C22H36O4/c1-3-5-6-7-8-9-10-11-20-12-14-21(15-13-20)26-19-18-24-17-16-22(23)25-4-2/h12-15H,3-11,16-19H2,1-2H3. The highest BCUT2D eigenvalue weighted by molar-refractivity contribution is 5.69. The SMILES string of the molecule is CCCCCCCCCc1ccc(OCCOCCC(=O)OCC)cc1. The van der Waals surface area contributed by atoms with Crippen LogP contribution >= 0.6 is 0 Å². The van der Waals surface area contributed by atoms with Crippen molar-refractivity contribution in [2.24, 2.45) is 0 Å². The van der Waals surface area contributed by atoms with E-state index in [1.165, 1.54) is 50.5 Å². The first-order valence-corrected chi connectivity index (χ1v) is 10.2. The lowest BCUT2D eigenvalue weighted by molar-refractivity contribution is -0.144. The molecule has 0 aliphatic carbocycles. The van der Waals surface area contributed by atoms with Crippen molar-refractivity contribution in [2.75, 3.05) is 26.4 Å². The van der Waals surface area contributed by atoms with E-state index in [1.807, 2.05) is 12.1 Å². The number of hydrogen-bond acceptors (Lipinski definition) is 4. The minimum Gasteiger partial charge on any atom is -0.491 e. The minimum absolute atomic E-state index is 0.218. The number of aryl methyl sites for hydroxylation is 1. The predicted octanol–water partition coefficient (Wildman–Crippen LogP) is 5.33. The van der Waals surface area contributed by atoms with Crippen LogP contribution in [-0.4, -0.2) is 32.4 Å². The van der Waals surface area contributed by atoms with Crippen LogP contribution in [0.2, 0.25) is 0 Å². The Kier molecular flexibility index (Phi) is 13.6. The molecule has 0 bridgehead atoms. The van der Waals surface area contributed by atoms with Crippen molar-refractivity contribution in [2.45, 2.75) is 71.6 Å². The first kappa shape index (κ1) is 22.5. The van der Waals surface area contributed by atoms with Gasteiger partial charge < -0.3 is 14.2 Å². The first-order chi connectivity index (χ1) is 12.8. The van der Waals surface area contributed by atoms with E-state index in [-0.39, 0.29) is 5.97 Å². The summed E-state index contributed by atoms with van der Waals surface area (Å²) in [6.07, 6.45) is 10.8. The van der Waals surface area contributed by atoms with Gasteiger partial charge in [-0.3, -0.25) is 4.79 Å².